The number of aromatic nitrogens is 1. The van der Waals surface area contributed by atoms with Gasteiger partial charge in [-0.15, -0.1) is 11.3 Å². The highest BCUT2D eigenvalue weighted by atomic mass is 32.1. The molecule has 3 aromatic carbocycles. The summed E-state index contributed by atoms with van der Waals surface area (Å²) >= 11 is 1.46. The van der Waals surface area contributed by atoms with Gasteiger partial charge in [0.2, 0.25) is 0 Å². The van der Waals surface area contributed by atoms with Gasteiger partial charge in [0.1, 0.15) is 0 Å². The van der Waals surface area contributed by atoms with Crippen LogP contribution in [0.4, 0.5) is 0 Å². The Labute approximate surface area is 132 Å². The van der Waals surface area contributed by atoms with Crippen molar-refractivity contribution in [3.63, 3.8) is 0 Å². The van der Waals surface area contributed by atoms with Gasteiger partial charge in [-0.25, -0.2) is 0 Å². The lowest BCUT2D eigenvalue weighted by atomic mass is 10.1. The van der Waals surface area contributed by atoms with Gasteiger partial charge in [0.05, 0.1) is 5.69 Å². The van der Waals surface area contributed by atoms with Gasteiger partial charge >= 0.3 is 0 Å². The number of hydrogen-bond donors (Lipinski definition) is 1. The molecule has 0 saturated carbocycles. The lowest BCUT2D eigenvalue weighted by Crippen LogP contribution is -2.11. The third kappa shape index (κ3) is 2.16. The van der Waals surface area contributed by atoms with Gasteiger partial charge < -0.3 is 0 Å². The number of nitrogens with zero attached hydrogens (tertiary/aromatic N) is 1. The summed E-state index contributed by atoms with van der Waals surface area (Å²) in [5, 5.41) is 12.7. The van der Waals surface area contributed by atoms with Gasteiger partial charge in [-0.2, -0.15) is 0 Å². The standard InChI is InChI=1S/C19H14N2S/c20-19-21(18(13-22-19)15-7-2-1-3-8-15)17-11-10-14-6-4-5-9-16(14)12-17/h1-13,20H. The minimum absolute atomic E-state index is 0.536. The Balaban J connectivity index is 1.95. The monoisotopic (exact) mass is 302 g/mol. The van der Waals surface area contributed by atoms with Crippen molar-refractivity contribution >= 4 is 22.1 Å². The summed E-state index contributed by atoms with van der Waals surface area (Å²) in [6.45, 7) is 0. The zero-order chi connectivity index (χ0) is 14.9. The molecule has 1 heterocycles. The third-order valence-corrected chi connectivity index (χ3v) is 4.53. The van der Waals surface area contributed by atoms with Crippen molar-refractivity contribution in [1.29, 1.82) is 5.41 Å². The van der Waals surface area contributed by atoms with E-state index in [0.29, 0.717) is 4.80 Å². The fourth-order valence-electron chi connectivity index (χ4n) is 2.70. The molecule has 106 valence electrons. The van der Waals surface area contributed by atoms with Crippen molar-refractivity contribution in [2.24, 2.45) is 0 Å². The van der Waals surface area contributed by atoms with Crippen LogP contribution in [-0.4, -0.2) is 4.57 Å². The van der Waals surface area contributed by atoms with E-state index in [0.717, 1.165) is 16.9 Å². The number of hydrogen-bond acceptors (Lipinski definition) is 2. The summed E-state index contributed by atoms with van der Waals surface area (Å²) in [4.78, 5) is 0.536. The van der Waals surface area contributed by atoms with E-state index in [1.165, 1.54) is 22.1 Å². The van der Waals surface area contributed by atoms with Crippen LogP contribution in [0.5, 0.6) is 0 Å². The SMILES string of the molecule is N=c1scc(-c2ccccc2)n1-c1ccc2ccccc2c1. The highest BCUT2D eigenvalue weighted by Gasteiger charge is 2.09. The van der Waals surface area contributed by atoms with Gasteiger partial charge in [0.25, 0.3) is 0 Å². The van der Waals surface area contributed by atoms with E-state index in [1.807, 2.05) is 40.3 Å². The van der Waals surface area contributed by atoms with Gasteiger partial charge in [0, 0.05) is 11.1 Å². The normalized spacial score (nSPS) is 10.9. The van der Waals surface area contributed by atoms with Crippen molar-refractivity contribution in [2.75, 3.05) is 0 Å². The van der Waals surface area contributed by atoms with E-state index in [4.69, 9.17) is 5.41 Å². The molecule has 22 heavy (non-hydrogen) atoms. The van der Waals surface area contributed by atoms with E-state index in [2.05, 4.69) is 42.5 Å². The van der Waals surface area contributed by atoms with Crippen molar-refractivity contribution in [2.45, 2.75) is 0 Å². The summed E-state index contributed by atoms with van der Waals surface area (Å²) in [7, 11) is 0. The van der Waals surface area contributed by atoms with Gasteiger partial charge in [-0.3, -0.25) is 9.98 Å². The maximum Gasteiger partial charge on any atom is 0.187 e. The molecule has 0 bridgehead atoms. The topological polar surface area (TPSA) is 28.8 Å². The summed E-state index contributed by atoms with van der Waals surface area (Å²) < 4.78 is 2.01. The summed E-state index contributed by atoms with van der Waals surface area (Å²) in [6, 6.07) is 24.9. The molecule has 0 aliphatic carbocycles. The zero-order valence-electron chi connectivity index (χ0n) is 11.9. The molecule has 3 heteroatoms. The maximum absolute atomic E-state index is 8.27. The molecule has 4 rings (SSSR count). The molecule has 1 N–H and O–H groups in total. The Morgan fingerprint density at radius 2 is 1.50 bits per heavy atom. The third-order valence-electron chi connectivity index (χ3n) is 3.79. The summed E-state index contributed by atoms with van der Waals surface area (Å²) in [6.07, 6.45) is 0. The molecule has 0 saturated heterocycles. The van der Waals surface area contributed by atoms with E-state index in [9.17, 15) is 0 Å². The number of thiazole rings is 1. The predicted molar refractivity (Wildman–Crippen MR) is 92.4 cm³/mol. The molecule has 1 aromatic heterocycles. The molecule has 0 fully saturated rings. The second kappa shape index (κ2) is 5.28. The van der Waals surface area contributed by atoms with Crippen LogP contribution < -0.4 is 4.80 Å². The van der Waals surface area contributed by atoms with Crippen molar-refractivity contribution < 1.29 is 0 Å². The number of rotatable bonds is 2. The average molecular weight is 302 g/mol. The lowest BCUT2D eigenvalue weighted by Gasteiger charge is -2.10. The second-order valence-corrected chi connectivity index (χ2v) is 6.02. The number of benzene rings is 3. The molecule has 4 aromatic rings. The minimum atomic E-state index is 0.536. The summed E-state index contributed by atoms with van der Waals surface area (Å²) in [5.41, 5.74) is 3.22. The minimum Gasteiger partial charge on any atom is -0.286 e. The lowest BCUT2D eigenvalue weighted by molar-refractivity contribution is 0.989. The fourth-order valence-corrected chi connectivity index (χ4v) is 3.48. The Hall–Kier alpha value is -2.65. The Morgan fingerprint density at radius 1 is 0.773 bits per heavy atom. The quantitative estimate of drug-likeness (QED) is 0.549. The van der Waals surface area contributed by atoms with Crippen LogP contribution in [0.2, 0.25) is 0 Å². The molecule has 0 radical (unpaired) electrons. The van der Waals surface area contributed by atoms with Crippen LogP contribution in [0.25, 0.3) is 27.7 Å². The molecule has 0 unspecified atom stereocenters. The number of fused-ring (bicyclic) bond motifs is 1. The van der Waals surface area contributed by atoms with Crippen LogP contribution in [0.15, 0.2) is 78.2 Å². The van der Waals surface area contributed by atoms with Crippen molar-refractivity contribution in [1.82, 2.24) is 4.57 Å². The summed E-state index contributed by atoms with van der Waals surface area (Å²) in [5.74, 6) is 0. The molecule has 0 atom stereocenters. The first-order valence-corrected chi connectivity index (χ1v) is 8.01. The Morgan fingerprint density at radius 3 is 2.32 bits per heavy atom. The largest absolute Gasteiger partial charge is 0.286 e. The Kier molecular flexibility index (Phi) is 3.13. The smallest absolute Gasteiger partial charge is 0.187 e. The molecular formula is C19H14N2S. The highest BCUT2D eigenvalue weighted by molar-refractivity contribution is 7.07. The van der Waals surface area contributed by atoms with Crippen LogP contribution in [0.3, 0.4) is 0 Å². The predicted octanol–water partition coefficient (Wildman–Crippen LogP) is 4.84. The molecule has 0 amide bonds. The van der Waals surface area contributed by atoms with Crippen LogP contribution in [0, 0.1) is 5.41 Å². The first-order valence-electron chi connectivity index (χ1n) is 7.13. The van der Waals surface area contributed by atoms with E-state index in [1.54, 1.807) is 0 Å². The van der Waals surface area contributed by atoms with E-state index >= 15 is 0 Å². The average Bonchev–Trinajstić information content (AvgIpc) is 2.97. The molecule has 0 spiro atoms. The second-order valence-electron chi connectivity index (χ2n) is 5.16. The number of nitrogens with one attached hydrogen (secondary N) is 1. The maximum atomic E-state index is 8.27. The first-order chi connectivity index (χ1) is 10.8. The van der Waals surface area contributed by atoms with E-state index < -0.39 is 0 Å². The fraction of sp³-hybridized carbons (Fsp3) is 0. The van der Waals surface area contributed by atoms with Crippen LogP contribution in [-0.2, 0) is 0 Å². The molecule has 2 nitrogen and oxygen atoms in total. The zero-order valence-corrected chi connectivity index (χ0v) is 12.7. The highest BCUT2D eigenvalue weighted by Crippen LogP contribution is 2.25. The van der Waals surface area contributed by atoms with Gasteiger partial charge in [0.15, 0.2) is 4.80 Å². The van der Waals surface area contributed by atoms with Gasteiger partial charge in [-0.1, -0.05) is 60.7 Å². The van der Waals surface area contributed by atoms with Crippen molar-refractivity contribution in [3.05, 3.63) is 83.0 Å². The van der Waals surface area contributed by atoms with Crippen LogP contribution in [0.1, 0.15) is 0 Å². The Bertz CT molecular complexity index is 997. The van der Waals surface area contributed by atoms with Crippen molar-refractivity contribution in [3.8, 4) is 16.9 Å². The molecular weight excluding hydrogens is 288 g/mol. The van der Waals surface area contributed by atoms with Gasteiger partial charge in [-0.05, 0) is 28.5 Å². The molecule has 0 aliphatic heterocycles. The first kappa shape index (κ1) is 13.0. The molecule has 0 aliphatic rings. The van der Waals surface area contributed by atoms with E-state index in [-0.39, 0.29) is 0 Å². The van der Waals surface area contributed by atoms with Crippen LogP contribution >= 0.6 is 11.3 Å².